The van der Waals surface area contributed by atoms with Crippen molar-refractivity contribution in [1.29, 1.82) is 0 Å². The van der Waals surface area contributed by atoms with E-state index in [-0.39, 0.29) is 22.6 Å². The Bertz CT molecular complexity index is 1060. The second-order valence-corrected chi connectivity index (χ2v) is 10.2. The van der Waals surface area contributed by atoms with Crippen LogP contribution < -0.4 is 10.2 Å². The molecule has 1 saturated carbocycles. The number of fused-ring (bicyclic) bond motifs is 1. The summed E-state index contributed by atoms with van der Waals surface area (Å²) < 4.78 is 24.0. The maximum atomic E-state index is 13.6. The van der Waals surface area contributed by atoms with Crippen molar-refractivity contribution >= 4 is 33.0 Å². The molecule has 7 heteroatoms. The summed E-state index contributed by atoms with van der Waals surface area (Å²) in [5.74, 6) is -0.439. The van der Waals surface area contributed by atoms with E-state index in [1.54, 1.807) is 11.0 Å². The number of nitrogens with zero attached hydrogens (tertiary/aromatic N) is 1. The maximum Gasteiger partial charge on any atom is 0.247 e. The molecule has 0 radical (unpaired) electrons. The van der Waals surface area contributed by atoms with Crippen LogP contribution in [-0.2, 0) is 25.8 Å². The number of sulfone groups is 1. The number of carbonyl (C=O) groups excluding carboxylic acids is 2. The highest BCUT2D eigenvalue weighted by Crippen LogP contribution is 2.38. The topological polar surface area (TPSA) is 83.6 Å². The number of hydrogen-bond acceptors (Lipinski definition) is 4. The Morgan fingerprint density at radius 3 is 2.43 bits per heavy atom. The van der Waals surface area contributed by atoms with E-state index in [9.17, 15) is 18.0 Å². The molecule has 0 aromatic heterocycles. The molecular formula is C23H26N2O4S. The van der Waals surface area contributed by atoms with E-state index in [0.717, 1.165) is 43.9 Å². The lowest BCUT2D eigenvalue weighted by Crippen LogP contribution is -2.54. The van der Waals surface area contributed by atoms with Crippen molar-refractivity contribution in [3.05, 3.63) is 54.1 Å². The zero-order valence-electron chi connectivity index (χ0n) is 17.0. The predicted molar refractivity (Wildman–Crippen MR) is 116 cm³/mol. The summed E-state index contributed by atoms with van der Waals surface area (Å²) in [5.41, 5.74) is 1.91. The van der Waals surface area contributed by atoms with Gasteiger partial charge in [-0.2, -0.15) is 0 Å². The lowest BCUT2D eigenvalue weighted by Gasteiger charge is -2.39. The number of benzene rings is 2. The SMILES string of the molecule is CS(=O)(=O)c1ccc2c(c1)NC(=O)C(Cc1ccccc1)N2C(=O)C1CCCCC1. The summed E-state index contributed by atoms with van der Waals surface area (Å²) in [4.78, 5) is 28.4. The third-order valence-electron chi connectivity index (χ3n) is 5.99. The molecule has 1 heterocycles. The zero-order chi connectivity index (χ0) is 21.3. The first kappa shape index (κ1) is 20.6. The molecule has 1 atom stereocenters. The fraction of sp³-hybridized carbons (Fsp3) is 0.391. The molecule has 158 valence electrons. The Morgan fingerprint density at radius 1 is 1.07 bits per heavy atom. The highest BCUT2D eigenvalue weighted by atomic mass is 32.2. The lowest BCUT2D eigenvalue weighted by molar-refractivity contribution is -0.127. The Labute approximate surface area is 177 Å². The van der Waals surface area contributed by atoms with Crippen molar-refractivity contribution in [3.8, 4) is 0 Å². The van der Waals surface area contributed by atoms with Crippen molar-refractivity contribution in [1.82, 2.24) is 0 Å². The molecule has 1 fully saturated rings. The molecule has 1 unspecified atom stereocenters. The zero-order valence-corrected chi connectivity index (χ0v) is 17.8. The third-order valence-corrected chi connectivity index (χ3v) is 7.10. The van der Waals surface area contributed by atoms with Crippen molar-refractivity contribution in [2.24, 2.45) is 5.92 Å². The van der Waals surface area contributed by atoms with E-state index >= 15 is 0 Å². The molecule has 0 bridgehead atoms. The number of rotatable bonds is 4. The van der Waals surface area contributed by atoms with Crippen molar-refractivity contribution in [2.45, 2.75) is 49.5 Å². The van der Waals surface area contributed by atoms with Gasteiger partial charge in [0, 0.05) is 18.6 Å². The first-order valence-electron chi connectivity index (χ1n) is 10.4. The smallest absolute Gasteiger partial charge is 0.247 e. The van der Waals surface area contributed by atoms with Crippen LogP contribution in [0.4, 0.5) is 11.4 Å². The minimum absolute atomic E-state index is 0.0427. The van der Waals surface area contributed by atoms with Gasteiger partial charge in [0.1, 0.15) is 6.04 Å². The standard InChI is InChI=1S/C23H26N2O4S/c1-30(28,29)18-12-13-20-19(15-18)24-22(26)21(14-16-8-4-2-5-9-16)25(20)23(27)17-10-6-3-7-11-17/h2,4-5,8-9,12-13,15,17,21H,3,6-7,10-11,14H2,1H3,(H,24,26). The van der Waals surface area contributed by atoms with Gasteiger partial charge in [0.2, 0.25) is 11.8 Å². The summed E-state index contributed by atoms with van der Waals surface area (Å²) in [6.07, 6.45) is 6.34. The summed E-state index contributed by atoms with van der Waals surface area (Å²) in [5, 5.41) is 2.83. The molecule has 1 N–H and O–H groups in total. The van der Waals surface area contributed by atoms with E-state index in [4.69, 9.17) is 0 Å². The minimum Gasteiger partial charge on any atom is -0.322 e. The first-order chi connectivity index (χ1) is 14.3. The average Bonchev–Trinajstić information content (AvgIpc) is 2.74. The summed E-state index contributed by atoms with van der Waals surface area (Å²) in [6, 6.07) is 13.6. The van der Waals surface area contributed by atoms with Crippen LogP contribution in [0.2, 0.25) is 0 Å². The second kappa shape index (κ2) is 8.22. The largest absolute Gasteiger partial charge is 0.322 e. The molecule has 30 heavy (non-hydrogen) atoms. The third kappa shape index (κ3) is 4.12. The first-order valence-corrected chi connectivity index (χ1v) is 12.3. The number of carbonyl (C=O) groups is 2. The fourth-order valence-corrected chi connectivity index (χ4v) is 5.04. The van der Waals surface area contributed by atoms with Crippen LogP contribution in [0.25, 0.3) is 0 Å². The van der Waals surface area contributed by atoms with Gasteiger partial charge in [0.15, 0.2) is 9.84 Å². The van der Waals surface area contributed by atoms with Gasteiger partial charge in [-0.05, 0) is 36.6 Å². The van der Waals surface area contributed by atoms with Gasteiger partial charge in [-0.3, -0.25) is 14.5 Å². The fourth-order valence-electron chi connectivity index (χ4n) is 4.40. The van der Waals surface area contributed by atoms with Crippen LogP contribution >= 0.6 is 0 Å². The molecule has 2 aromatic carbocycles. The van der Waals surface area contributed by atoms with E-state index < -0.39 is 15.9 Å². The van der Waals surface area contributed by atoms with Crippen LogP contribution in [0.15, 0.2) is 53.4 Å². The van der Waals surface area contributed by atoms with Crippen LogP contribution in [0.5, 0.6) is 0 Å². The minimum atomic E-state index is -3.43. The molecule has 6 nitrogen and oxygen atoms in total. The van der Waals surface area contributed by atoms with E-state index in [0.29, 0.717) is 17.8 Å². The van der Waals surface area contributed by atoms with E-state index in [1.165, 1.54) is 12.1 Å². The van der Waals surface area contributed by atoms with Crippen LogP contribution in [-0.4, -0.2) is 32.5 Å². The van der Waals surface area contributed by atoms with Gasteiger partial charge in [-0.1, -0.05) is 49.6 Å². The second-order valence-electron chi connectivity index (χ2n) is 8.19. The Balaban J connectivity index is 1.76. The highest BCUT2D eigenvalue weighted by molar-refractivity contribution is 7.90. The average molecular weight is 427 g/mol. The van der Waals surface area contributed by atoms with Gasteiger partial charge in [0.25, 0.3) is 0 Å². The molecular weight excluding hydrogens is 400 g/mol. The van der Waals surface area contributed by atoms with Gasteiger partial charge < -0.3 is 5.32 Å². The van der Waals surface area contributed by atoms with E-state index in [1.807, 2.05) is 30.3 Å². The molecule has 4 rings (SSSR count). The quantitative estimate of drug-likeness (QED) is 0.810. The molecule has 2 aromatic rings. The molecule has 2 amide bonds. The maximum absolute atomic E-state index is 13.6. The Hall–Kier alpha value is -2.67. The van der Waals surface area contributed by atoms with Crippen LogP contribution in [0.3, 0.4) is 0 Å². The van der Waals surface area contributed by atoms with E-state index in [2.05, 4.69) is 5.32 Å². The predicted octanol–water partition coefficient (Wildman–Crippen LogP) is 3.57. The molecule has 1 aliphatic heterocycles. The van der Waals surface area contributed by atoms with Crippen molar-refractivity contribution in [2.75, 3.05) is 16.5 Å². The monoisotopic (exact) mass is 426 g/mol. The summed E-state index contributed by atoms with van der Waals surface area (Å²) >= 11 is 0. The molecule has 0 saturated heterocycles. The van der Waals surface area contributed by atoms with Gasteiger partial charge in [0.05, 0.1) is 16.3 Å². The summed E-state index contributed by atoms with van der Waals surface area (Å²) in [7, 11) is -3.43. The van der Waals surface area contributed by atoms with Gasteiger partial charge in [-0.25, -0.2) is 8.42 Å². The number of nitrogens with one attached hydrogen (secondary N) is 1. The Kier molecular flexibility index (Phi) is 5.64. The van der Waals surface area contributed by atoms with Gasteiger partial charge in [-0.15, -0.1) is 0 Å². The van der Waals surface area contributed by atoms with Crippen molar-refractivity contribution < 1.29 is 18.0 Å². The molecule has 1 aliphatic carbocycles. The number of hydrogen-bond donors (Lipinski definition) is 1. The molecule has 2 aliphatic rings. The van der Waals surface area contributed by atoms with Gasteiger partial charge >= 0.3 is 0 Å². The van der Waals surface area contributed by atoms with Crippen LogP contribution in [0.1, 0.15) is 37.7 Å². The van der Waals surface area contributed by atoms with Crippen molar-refractivity contribution in [3.63, 3.8) is 0 Å². The Morgan fingerprint density at radius 2 is 1.77 bits per heavy atom. The van der Waals surface area contributed by atoms with Crippen LogP contribution in [0, 0.1) is 5.92 Å². The lowest BCUT2D eigenvalue weighted by atomic mass is 9.87. The summed E-state index contributed by atoms with van der Waals surface area (Å²) in [6.45, 7) is 0. The molecule has 0 spiro atoms. The number of anilines is 2. The number of amides is 2. The normalized spacial score (nSPS) is 19.8. The highest BCUT2D eigenvalue weighted by Gasteiger charge is 2.40.